The Morgan fingerprint density at radius 3 is 1.79 bits per heavy atom. The van der Waals surface area contributed by atoms with Gasteiger partial charge in [0, 0.05) is 28.7 Å². The first kappa shape index (κ1) is 41.1. The number of nitriles is 1. The topological polar surface area (TPSA) is 116 Å². The minimum atomic E-state index is -1.35. The summed E-state index contributed by atoms with van der Waals surface area (Å²) in [7, 11) is 3.49. The maximum atomic E-state index is 12.6. The third kappa shape index (κ3) is 9.66. The molecule has 0 bridgehead atoms. The van der Waals surface area contributed by atoms with E-state index in [0.29, 0.717) is 29.9 Å². The molecular weight excluding hydrogens is 689 g/mol. The summed E-state index contributed by atoms with van der Waals surface area (Å²) in [5, 5.41) is 21.8. The molecule has 0 radical (unpaired) electrons. The molecule has 282 valence electrons. The van der Waals surface area contributed by atoms with Gasteiger partial charge in [-0.1, -0.05) is 61.5 Å². The number of nitro benzene ring substituents is 1. The Morgan fingerprint density at radius 2 is 1.32 bits per heavy atom. The summed E-state index contributed by atoms with van der Waals surface area (Å²) in [6.07, 6.45) is 1.51. The fraction of sp³-hybridized carbons (Fsp3) is 0.405. The largest absolute Gasteiger partial charge is 0.497 e. The second-order valence-electron chi connectivity index (χ2n) is 13.3. The molecule has 0 aliphatic rings. The van der Waals surface area contributed by atoms with Crippen molar-refractivity contribution in [3.8, 4) is 29.1 Å². The molecule has 11 heteroatoms. The molecule has 53 heavy (non-hydrogen) atoms. The van der Waals surface area contributed by atoms with Gasteiger partial charge in [0.1, 0.15) is 19.8 Å². The zero-order valence-corrected chi connectivity index (χ0v) is 33.0. The number of nitrogens with zero attached hydrogens (tertiary/aromatic N) is 3. The zero-order chi connectivity index (χ0) is 38.5. The normalized spacial score (nSPS) is 12.7. The summed E-state index contributed by atoms with van der Waals surface area (Å²) in [4.78, 5) is 12.3. The molecule has 0 aromatic heterocycles. The van der Waals surface area contributed by atoms with Gasteiger partial charge in [-0.3, -0.25) is 14.8 Å². The van der Waals surface area contributed by atoms with E-state index in [4.69, 9.17) is 23.5 Å². The highest BCUT2D eigenvalue weighted by molar-refractivity contribution is 7.50. The fourth-order valence-corrected chi connectivity index (χ4v) is 9.38. The first-order valence-corrected chi connectivity index (χ1v) is 19.2. The van der Waals surface area contributed by atoms with Crippen LogP contribution >= 0.6 is 8.30 Å². The smallest absolute Gasteiger partial charge is 0.277 e. The molecule has 4 aromatic carbocycles. The average molecular weight is 742 g/mol. The molecule has 4 rings (SSSR count). The molecule has 0 aliphatic heterocycles. The quantitative estimate of drug-likeness (QED) is 0.0287. The van der Waals surface area contributed by atoms with E-state index in [9.17, 15) is 15.4 Å². The SMILES string of the molecule is COc1ccc(C(CCCOc2cc([N+](=O)[O-])c(C(C)P(OCCC#N)N(C(C)C)C(C)C)cc2OC)(c2ccccc2)c2ccc(OC)cc2)cc1. The average Bonchev–Trinajstić information content (AvgIpc) is 3.17. The van der Waals surface area contributed by atoms with Crippen molar-refractivity contribution < 1.29 is 28.4 Å². The second-order valence-corrected chi connectivity index (χ2v) is 15.4. The van der Waals surface area contributed by atoms with Crippen LogP contribution in [0.3, 0.4) is 0 Å². The van der Waals surface area contributed by atoms with Crippen molar-refractivity contribution >= 4 is 14.0 Å². The monoisotopic (exact) mass is 741 g/mol. The van der Waals surface area contributed by atoms with E-state index in [1.54, 1.807) is 20.3 Å². The molecule has 10 nitrogen and oxygen atoms in total. The highest BCUT2D eigenvalue weighted by Gasteiger charge is 2.37. The highest BCUT2D eigenvalue weighted by atomic mass is 31.2. The first-order valence-electron chi connectivity index (χ1n) is 17.9. The zero-order valence-electron chi connectivity index (χ0n) is 32.1. The summed E-state index contributed by atoms with van der Waals surface area (Å²) in [6, 6.07) is 32.2. The Morgan fingerprint density at radius 1 is 0.774 bits per heavy atom. The predicted octanol–water partition coefficient (Wildman–Crippen LogP) is 10.2. The number of nitro groups is 1. The van der Waals surface area contributed by atoms with Gasteiger partial charge in [-0.2, -0.15) is 5.26 Å². The molecule has 0 heterocycles. The third-order valence-electron chi connectivity index (χ3n) is 9.40. The van der Waals surface area contributed by atoms with Gasteiger partial charge in [-0.25, -0.2) is 0 Å². The minimum Gasteiger partial charge on any atom is -0.497 e. The van der Waals surface area contributed by atoms with Gasteiger partial charge in [-0.15, -0.1) is 0 Å². The summed E-state index contributed by atoms with van der Waals surface area (Å²) in [6.45, 7) is 10.8. The fourth-order valence-electron chi connectivity index (χ4n) is 6.99. The lowest BCUT2D eigenvalue weighted by molar-refractivity contribution is -0.385. The molecule has 0 spiro atoms. The van der Waals surface area contributed by atoms with Gasteiger partial charge in [0.25, 0.3) is 5.69 Å². The summed E-state index contributed by atoms with van der Waals surface area (Å²) < 4.78 is 31.7. The van der Waals surface area contributed by atoms with Gasteiger partial charge in [-0.05, 0) is 87.6 Å². The molecule has 0 fully saturated rings. The molecule has 0 N–H and O–H groups in total. The van der Waals surface area contributed by atoms with Crippen molar-refractivity contribution in [1.82, 2.24) is 4.67 Å². The third-order valence-corrected chi connectivity index (χ3v) is 12.2. The van der Waals surface area contributed by atoms with Crippen LogP contribution < -0.4 is 18.9 Å². The van der Waals surface area contributed by atoms with Crippen molar-refractivity contribution in [3.05, 3.63) is 123 Å². The van der Waals surface area contributed by atoms with Gasteiger partial charge in [0.05, 0.1) is 58.0 Å². The Bertz CT molecular complexity index is 1740. The predicted molar refractivity (Wildman–Crippen MR) is 210 cm³/mol. The van der Waals surface area contributed by atoms with Crippen LogP contribution in [0.15, 0.2) is 91.0 Å². The van der Waals surface area contributed by atoms with E-state index in [2.05, 4.69) is 74.8 Å². The number of ether oxygens (including phenoxy) is 4. The van der Waals surface area contributed by atoms with Crippen LogP contribution in [-0.4, -0.2) is 56.2 Å². The van der Waals surface area contributed by atoms with Crippen LogP contribution in [0, 0.1) is 21.4 Å². The Kier molecular flexibility index (Phi) is 15.0. The number of rotatable bonds is 20. The summed E-state index contributed by atoms with van der Waals surface area (Å²) in [5.74, 6) is 2.24. The molecular formula is C42H52N3O7P. The van der Waals surface area contributed by atoms with Crippen LogP contribution in [0.25, 0.3) is 0 Å². The number of hydrogen-bond donors (Lipinski definition) is 0. The number of benzene rings is 4. The van der Waals surface area contributed by atoms with Crippen LogP contribution in [0.2, 0.25) is 0 Å². The summed E-state index contributed by atoms with van der Waals surface area (Å²) in [5.41, 5.74) is 2.81. The van der Waals surface area contributed by atoms with E-state index < -0.39 is 13.7 Å². The Hall–Kier alpha value is -4.68. The molecule has 4 aromatic rings. The maximum Gasteiger partial charge on any atom is 0.277 e. The van der Waals surface area contributed by atoms with Crippen molar-refractivity contribution in [2.75, 3.05) is 34.5 Å². The summed E-state index contributed by atoms with van der Waals surface area (Å²) >= 11 is 0. The second kappa shape index (κ2) is 19.4. The molecule has 0 saturated heterocycles. The van der Waals surface area contributed by atoms with Gasteiger partial charge < -0.3 is 23.5 Å². The number of hydrogen-bond acceptors (Lipinski definition) is 9. The van der Waals surface area contributed by atoms with Crippen LogP contribution in [0.5, 0.6) is 23.0 Å². The molecule has 2 atom stereocenters. The van der Waals surface area contributed by atoms with Crippen LogP contribution in [0.1, 0.15) is 81.8 Å². The van der Waals surface area contributed by atoms with Crippen molar-refractivity contribution in [3.63, 3.8) is 0 Å². The van der Waals surface area contributed by atoms with E-state index in [0.717, 1.165) is 28.2 Å². The standard InChI is InChI=1S/C42H52N3O7P/c1-30(2)44(31(3)4)53(52-27-13-25-43)32(5)38-28-40(50-8)41(29-39(38)45(46)47)51-26-12-24-42(33-14-10-9-11-15-33,34-16-20-36(48-6)21-17-34)35-18-22-37(49-7)23-19-35/h9-11,14-23,28-32H,12-13,24,26-27H2,1-8H3. The minimum absolute atomic E-state index is 0.0627. The van der Waals surface area contributed by atoms with Crippen LogP contribution in [0.4, 0.5) is 5.69 Å². The lowest BCUT2D eigenvalue weighted by Crippen LogP contribution is -2.34. The van der Waals surface area contributed by atoms with Crippen LogP contribution in [-0.2, 0) is 9.94 Å². The van der Waals surface area contributed by atoms with Gasteiger partial charge in [0.15, 0.2) is 11.5 Å². The van der Waals surface area contributed by atoms with E-state index in [-0.39, 0.29) is 48.0 Å². The number of methoxy groups -OCH3 is 3. The first-order chi connectivity index (χ1) is 25.5. The van der Waals surface area contributed by atoms with Gasteiger partial charge >= 0.3 is 0 Å². The highest BCUT2D eigenvalue weighted by Crippen LogP contribution is 2.59. The Balaban J connectivity index is 1.70. The molecule has 0 aliphatic carbocycles. The van der Waals surface area contributed by atoms with Crippen molar-refractivity contribution in [2.45, 2.75) is 77.0 Å². The van der Waals surface area contributed by atoms with E-state index in [1.165, 1.54) is 13.2 Å². The lowest BCUT2D eigenvalue weighted by Gasteiger charge is -2.40. The van der Waals surface area contributed by atoms with Gasteiger partial charge in [0.2, 0.25) is 0 Å². The molecule has 2 unspecified atom stereocenters. The molecule has 0 saturated carbocycles. The van der Waals surface area contributed by atoms with Crippen molar-refractivity contribution in [1.29, 1.82) is 5.26 Å². The van der Waals surface area contributed by atoms with E-state index in [1.807, 2.05) is 49.4 Å². The van der Waals surface area contributed by atoms with Crippen molar-refractivity contribution in [2.24, 2.45) is 0 Å². The Labute approximate surface area is 315 Å². The van der Waals surface area contributed by atoms with E-state index >= 15 is 0 Å². The molecule has 0 amide bonds. The maximum absolute atomic E-state index is 12.6. The lowest BCUT2D eigenvalue weighted by atomic mass is 9.67.